The molecule has 21 heavy (non-hydrogen) atoms. The highest BCUT2D eigenvalue weighted by Crippen LogP contribution is 2.32. The molecule has 0 aromatic heterocycles. The molecular weight excluding hydrogens is 309 g/mol. The molecule has 1 aromatic rings. The molecule has 0 radical (unpaired) electrons. The van der Waals surface area contributed by atoms with Crippen LogP contribution in [0.4, 0.5) is 11.4 Å². The van der Waals surface area contributed by atoms with Crippen LogP contribution in [0.1, 0.15) is 26.2 Å². The lowest BCUT2D eigenvalue weighted by atomic mass is 9.94. The number of anilines is 2. The summed E-state index contributed by atoms with van der Waals surface area (Å²) in [6.07, 6.45) is 3.54. The second-order valence-electron chi connectivity index (χ2n) is 5.53. The number of nitrogen functional groups attached to an aromatic ring is 1. The van der Waals surface area contributed by atoms with E-state index in [1.54, 1.807) is 12.1 Å². The Labute approximate surface area is 135 Å². The molecule has 1 saturated heterocycles. The number of nitrogens with zero attached hydrogens (tertiary/aromatic N) is 1. The molecule has 6 heteroatoms. The zero-order valence-corrected chi connectivity index (χ0v) is 13.7. The molecule has 1 fully saturated rings. The van der Waals surface area contributed by atoms with Gasteiger partial charge in [0.15, 0.2) is 0 Å². The van der Waals surface area contributed by atoms with Crippen molar-refractivity contribution in [3.8, 4) is 0 Å². The summed E-state index contributed by atoms with van der Waals surface area (Å²) >= 11 is 11.9. The highest BCUT2D eigenvalue weighted by atomic mass is 35.5. The molecule has 1 amide bonds. The van der Waals surface area contributed by atoms with Gasteiger partial charge in [0.05, 0.1) is 22.9 Å². The monoisotopic (exact) mass is 329 g/mol. The first kappa shape index (κ1) is 16.4. The van der Waals surface area contributed by atoms with Crippen molar-refractivity contribution >= 4 is 40.5 Å². The number of amides is 1. The van der Waals surface area contributed by atoms with Crippen LogP contribution < -0.4 is 11.1 Å². The van der Waals surface area contributed by atoms with Crippen LogP contribution in [-0.4, -0.2) is 30.4 Å². The third-order valence-corrected chi connectivity index (χ3v) is 4.52. The van der Waals surface area contributed by atoms with E-state index in [4.69, 9.17) is 28.9 Å². The molecule has 2 rings (SSSR count). The van der Waals surface area contributed by atoms with Crippen molar-refractivity contribution in [2.75, 3.05) is 30.7 Å². The van der Waals surface area contributed by atoms with Crippen molar-refractivity contribution in [1.82, 2.24) is 4.90 Å². The number of rotatable bonds is 4. The molecule has 3 N–H and O–H groups in total. The second-order valence-corrected chi connectivity index (χ2v) is 6.37. The number of benzene rings is 1. The summed E-state index contributed by atoms with van der Waals surface area (Å²) in [6.45, 7) is 4.53. The number of nitrogens with one attached hydrogen (secondary N) is 1. The van der Waals surface area contributed by atoms with E-state index >= 15 is 0 Å². The highest BCUT2D eigenvalue weighted by molar-refractivity contribution is 6.37. The van der Waals surface area contributed by atoms with Crippen LogP contribution in [0.5, 0.6) is 0 Å². The summed E-state index contributed by atoms with van der Waals surface area (Å²) in [6, 6.07) is 3.15. The molecular formula is C15H21Cl2N3O. The average Bonchev–Trinajstić information content (AvgIpc) is 2.43. The maximum Gasteiger partial charge on any atom is 0.238 e. The lowest BCUT2D eigenvalue weighted by Crippen LogP contribution is -2.39. The number of likely N-dealkylation sites (tertiary alicyclic amines) is 1. The van der Waals surface area contributed by atoms with Gasteiger partial charge in [-0.15, -0.1) is 0 Å². The molecule has 4 nitrogen and oxygen atoms in total. The highest BCUT2D eigenvalue weighted by Gasteiger charge is 2.20. The number of hydrogen-bond acceptors (Lipinski definition) is 3. The van der Waals surface area contributed by atoms with E-state index in [0.29, 0.717) is 28.0 Å². The molecule has 1 heterocycles. The Morgan fingerprint density at radius 3 is 2.62 bits per heavy atom. The summed E-state index contributed by atoms with van der Waals surface area (Å²) in [5.74, 6) is 0.700. The predicted octanol–water partition coefficient (Wildman–Crippen LogP) is 3.64. The van der Waals surface area contributed by atoms with Gasteiger partial charge in [-0.3, -0.25) is 9.69 Å². The van der Waals surface area contributed by atoms with Crippen molar-refractivity contribution in [3.63, 3.8) is 0 Å². The Morgan fingerprint density at radius 2 is 2.05 bits per heavy atom. The summed E-state index contributed by atoms with van der Waals surface area (Å²) in [5.41, 5.74) is 6.66. The van der Waals surface area contributed by atoms with Crippen LogP contribution in [0.15, 0.2) is 12.1 Å². The van der Waals surface area contributed by atoms with Gasteiger partial charge < -0.3 is 11.1 Å². The standard InChI is InChI=1S/C15H21Cl2N3O/c1-2-10-3-5-20(6-4-10)9-14(21)19-15-12(17)7-11(16)8-13(15)18/h7-8,10H,2-6,9,18H2,1H3,(H,19,21). The largest absolute Gasteiger partial charge is 0.397 e. The molecule has 0 saturated carbocycles. The quantitative estimate of drug-likeness (QED) is 0.829. The van der Waals surface area contributed by atoms with Crippen LogP contribution in [0.3, 0.4) is 0 Å². The second kappa shape index (κ2) is 7.34. The van der Waals surface area contributed by atoms with Gasteiger partial charge in [-0.05, 0) is 44.0 Å². The third kappa shape index (κ3) is 4.50. The molecule has 0 unspecified atom stereocenters. The minimum atomic E-state index is -0.0964. The van der Waals surface area contributed by atoms with Gasteiger partial charge in [0.2, 0.25) is 5.91 Å². The lowest BCUT2D eigenvalue weighted by molar-refractivity contribution is -0.117. The van der Waals surface area contributed by atoms with E-state index < -0.39 is 0 Å². The Bertz CT molecular complexity index is 491. The van der Waals surface area contributed by atoms with E-state index in [9.17, 15) is 4.79 Å². The van der Waals surface area contributed by atoms with Crippen LogP contribution in [0, 0.1) is 5.92 Å². The minimum absolute atomic E-state index is 0.0964. The summed E-state index contributed by atoms with van der Waals surface area (Å²) in [4.78, 5) is 14.3. The fourth-order valence-corrected chi connectivity index (χ4v) is 3.22. The van der Waals surface area contributed by atoms with Crippen LogP contribution >= 0.6 is 23.2 Å². The first-order valence-electron chi connectivity index (χ1n) is 7.26. The van der Waals surface area contributed by atoms with E-state index in [1.165, 1.54) is 6.42 Å². The Hall–Kier alpha value is -0.970. The number of piperidine rings is 1. The number of hydrogen-bond donors (Lipinski definition) is 2. The fraction of sp³-hybridized carbons (Fsp3) is 0.533. The molecule has 1 aromatic carbocycles. The first-order valence-corrected chi connectivity index (χ1v) is 8.02. The summed E-state index contributed by atoms with van der Waals surface area (Å²) in [5, 5.41) is 3.60. The fourth-order valence-electron chi connectivity index (χ4n) is 2.66. The average molecular weight is 330 g/mol. The Balaban J connectivity index is 1.91. The molecule has 0 aliphatic carbocycles. The van der Waals surface area contributed by atoms with Gasteiger partial charge >= 0.3 is 0 Å². The van der Waals surface area contributed by atoms with E-state index in [2.05, 4.69) is 17.1 Å². The van der Waals surface area contributed by atoms with Crippen molar-refractivity contribution < 1.29 is 4.79 Å². The molecule has 0 spiro atoms. The van der Waals surface area contributed by atoms with Gasteiger partial charge in [-0.2, -0.15) is 0 Å². The van der Waals surface area contributed by atoms with Crippen LogP contribution in [-0.2, 0) is 4.79 Å². The van der Waals surface area contributed by atoms with Crippen molar-refractivity contribution in [2.45, 2.75) is 26.2 Å². The molecule has 1 aliphatic rings. The van der Waals surface area contributed by atoms with Crippen molar-refractivity contribution in [3.05, 3.63) is 22.2 Å². The van der Waals surface area contributed by atoms with Crippen molar-refractivity contribution in [1.29, 1.82) is 0 Å². The predicted molar refractivity (Wildman–Crippen MR) is 89.0 cm³/mol. The first-order chi connectivity index (χ1) is 9.99. The zero-order chi connectivity index (χ0) is 15.4. The number of carbonyl (C=O) groups is 1. The minimum Gasteiger partial charge on any atom is -0.397 e. The van der Waals surface area contributed by atoms with Crippen LogP contribution in [0.25, 0.3) is 0 Å². The van der Waals surface area contributed by atoms with Gasteiger partial charge in [-0.25, -0.2) is 0 Å². The Morgan fingerprint density at radius 1 is 1.38 bits per heavy atom. The smallest absolute Gasteiger partial charge is 0.238 e. The maximum absolute atomic E-state index is 12.1. The van der Waals surface area contributed by atoms with E-state index in [-0.39, 0.29) is 5.91 Å². The molecule has 1 aliphatic heterocycles. The SMILES string of the molecule is CCC1CCN(CC(=O)Nc2c(N)cc(Cl)cc2Cl)CC1. The van der Waals surface area contributed by atoms with Gasteiger partial charge in [-0.1, -0.05) is 36.5 Å². The maximum atomic E-state index is 12.1. The number of halogens is 2. The van der Waals surface area contributed by atoms with Crippen molar-refractivity contribution in [2.24, 2.45) is 5.92 Å². The van der Waals surface area contributed by atoms with Gasteiger partial charge in [0.1, 0.15) is 0 Å². The topological polar surface area (TPSA) is 58.4 Å². The molecule has 116 valence electrons. The lowest BCUT2D eigenvalue weighted by Gasteiger charge is -2.30. The molecule has 0 atom stereocenters. The van der Waals surface area contributed by atoms with Gasteiger partial charge in [0.25, 0.3) is 0 Å². The summed E-state index contributed by atoms with van der Waals surface area (Å²) < 4.78 is 0. The number of nitrogens with two attached hydrogens (primary N) is 1. The number of carbonyl (C=O) groups excluding carboxylic acids is 1. The van der Waals surface area contributed by atoms with E-state index in [1.807, 2.05) is 0 Å². The Kier molecular flexibility index (Phi) is 5.73. The molecule has 0 bridgehead atoms. The zero-order valence-electron chi connectivity index (χ0n) is 12.2. The van der Waals surface area contributed by atoms with Crippen LogP contribution in [0.2, 0.25) is 10.0 Å². The van der Waals surface area contributed by atoms with E-state index in [0.717, 1.165) is 31.8 Å². The third-order valence-electron chi connectivity index (χ3n) is 4.00. The summed E-state index contributed by atoms with van der Waals surface area (Å²) in [7, 11) is 0. The van der Waals surface area contributed by atoms with Gasteiger partial charge in [0, 0.05) is 5.02 Å². The normalized spacial score (nSPS) is 16.9.